The van der Waals surface area contributed by atoms with Crippen LogP contribution in [0, 0.1) is 11.3 Å². The number of benzene rings is 2. The molecule has 0 spiro atoms. The van der Waals surface area contributed by atoms with Gasteiger partial charge < -0.3 is 9.47 Å². The standard InChI is InChI=1S/C17H13Br2NO4S/c1-23-15-5-3-4-11(17(15)24-2)8-13(10-20)25(21,22)16-9-12(18)6-7-14(16)19/h3-9H,1-2H3. The summed E-state index contributed by atoms with van der Waals surface area (Å²) in [6, 6.07) is 11.5. The first kappa shape index (κ1) is 19.5. The van der Waals surface area contributed by atoms with E-state index >= 15 is 0 Å². The number of rotatable bonds is 5. The predicted molar refractivity (Wildman–Crippen MR) is 102 cm³/mol. The summed E-state index contributed by atoms with van der Waals surface area (Å²) in [6.45, 7) is 0. The smallest absolute Gasteiger partial charge is 0.217 e. The van der Waals surface area contributed by atoms with Gasteiger partial charge in [0, 0.05) is 14.5 Å². The van der Waals surface area contributed by atoms with E-state index in [-0.39, 0.29) is 4.90 Å². The van der Waals surface area contributed by atoms with E-state index in [0.29, 0.717) is 26.0 Å². The average Bonchev–Trinajstić information content (AvgIpc) is 2.60. The van der Waals surface area contributed by atoms with Crippen LogP contribution in [0.5, 0.6) is 11.5 Å². The van der Waals surface area contributed by atoms with Crippen LogP contribution >= 0.6 is 31.9 Å². The monoisotopic (exact) mass is 485 g/mol. The number of nitrogens with zero attached hydrogens (tertiary/aromatic N) is 1. The van der Waals surface area contributed by atoms with E-state index in [9.17, 15) is 13.7 Å². The Morgan fingerprint density at radius 1 is 1.16 bits per heavy atom. The number of hydrogen-bond acceptors (Lipinski definition) is 5. The molecule has 0 atom stereocenters. The average molecular weight is 487 g/mol. The van der Waals surface area contributed by atoms with E-state index in [1.54, 1.807) is 36.4 Å². The van der Waals surface area contributed by atoms with Gasteiger partial charge in [0.05, 0.1) is 19.1 Å². The van der Waals surface area contributed by atoms with Gasteiger partial charge >= 0.3 is 0 Å². The largest absolute Gasteiger partial charge is 0.493 e. The van der Waals surface area contributed by atoms with Gasteiger partial charge in [-0.05, 0) is 46.3 Å². The molecule has 0 aliphatic carbocycles. The molecule has 130 valence electrons. The Morgan fingerprint density at radius 2 is 1.88 bits per heavy atom. The number of nitriles is 1. The lowest BCUT2D eigenvalue weighted by atomic mass is 10.1. The number of allylic oxidation sites excluding steroid dienone is 1. The van der Waals surface area contributed by atoms with E-state index < -0.39 is 14.7 Å². The van der Waals surface area contributed by atoms with Crippen LogP contribution in [0.1, 0.15) is 5.56 Å². The summed E-state index contributed by atoms with van der Waals surface area (Å²) in [6.07, 6.45) is 1.27. The van der Waals surface area contributed by atoms with Gasteiger partial charge in [0.25, 0.3) is 0 Å². The molecule has 0 unspecified atom stereocenters. The first-order valence-corrected chi connectivity index (χ1v) is 9.95. The van der Waals surface area contributed by atoms with Crippen LogP contribution in [0.3, 0.4) is 0 Å². The predicted octanol–water partition coefficient (Wildman–Crippen LogP) is 4.57. The molecule has 0 aromatic heterocycles. The third-order valence-electron chi connectivity index (χ3n) is 3.30. The highest BCUT2D eigenvalue weighted by Gasteiger charge is 2.24. The first-order valence-electron chi connectivity index (χ1n) is 6.88. The Hall–Kier alpha value is -1.82. The molecule has 8 heteroatoms. The van der Waals surface area contributed by atoms with E-state index in [1.807, 2.05) is 0 Å². The Balaban J connectivity index is 2.66. The van der Waals surface area contributed by atoms with Gasteiger partial charge in [-0.2, -0.15) is 5.26 Å². The first-order chi connectivity index (χ1) is 11.8. The van der Waals surface area contributed by atoms with Gasteiger partial charge in [0.15, 0.2) is 11.5 Å². The molecule has 5 nitrogen and oxygen atoms in total. The zero-order valence-corrected chi connectivity index (χ0v) is 17.3. The fraction of sp³-hybridized carbons (Fsp3) is 0.118. The van der Waals surface area contributed by atoms with Crippen molar-refractivity contribution < 1.29 is 17.9 Å². The van der Waals surface area contributed by atoms with Crippen molar-refractivity contribution in [3.8, 4) is 17.6 Å². The van der Waals surface area contributed by atoms with Crippen LogP contribution in [0.2, 0.25) is 0 Å². The van der Waals surface area contributed by atoms with Gasteiger partial charge in [-0.25, -0.2) is 8.42 Å². The van der Waals surface area contributed by atoms with Crippen molar-refractivity contribution in [1.82, 2.24) is 0 Å². The molecule has 0 radical (unpaired) electrons. The highest BCUT2D eigenvalue weighted by molar-refractivity contribution is 9.11. The molecule has 2 rings (SSSR count). The Kier molecular flexibility index (Phi) is 6.27. The molecule has 0 saturated heterocycles. The summed E-state index contributed by atoms with van der Waals surface area (Å²) < 4.78 is 37.2. The zero-order valence-electron chi connectivity index (χ0n) is 13.3. The summed E-state index contributed by atoms with van der Waals surface area (Å²) in [5.41, 5.74) is 0.424. The van der Waals surface area contributed by atoms with Gasteiger partial charge in [0.1, 0.15) is 11.0 Å². The lowest BCUT2D eigenvalue weighted by Crippen LogP contribution is -2.05. The lowest BCUT2D eigenvalue weighted by molar-refractivity contribution is 0.354. The third kappa shape index (κ3) is 4.06. The molecule has 0 saturated carbocycles. The molecule has 2 aromatic carbocycles. The molecule has 2 aromatic rings. The maximum Gasteiger partial charge on any atom is 0.217 e. The second-order valence-electron chi connectivity index (χ2n) is 4.78. The Labute approximate surface area is 163 Å². The molecule has 0 bridgehead atoms. The topological polar surface area (TPSA) is 76.4 Å². The quantitative estimate of drug-likeness (QED) is 0.578. The van der Waals surface area contributed by atoms with Gasteiger partial charge in [-0.3, -0.25) is 0 Å². The number of ether oxygens (including phenoxy) is 2. The normalized spacial score (nSPS) is 11.7. The number of para-hydroxylation sites is 1. The molecule has 0 amide bonds. The summed E-state index contributed by atoms with van der Waals surface area (Å²) in [4.78, 5) is -0.408. The van der Waals surface area contributed by atoms with E-state index in [4.69, 9.17) is 9.47 Å². The molecule has 0 N–H and O–H groups in total. The Bertz CT molecular complexity index is 979. The molecular weight excluding hydrogens is 474 g/mol. The lowest BCUT2D eigenvalue weighted by Gasteiger charge is -2.11. The molecular formula is C17H13Br2NO4S. The summed E-state index contributed by atoms with van der Waals surface area (Å²) in [5.74, 6) is 0.788. The van der Waals surface area contributed by atoms with Crippen LogP contribution in [-0.2, 0) is 9.84 Å². The van der Waals surface area contributed by atoms with Crippen LogP contribution in [-0.4, -0.2) is 22.6 Å². The number of sulfone groups is 1. The SMILES string of the molecule is COc1cccc(C=C(C#N)S(=O)(=O)c2cc(Br)ccc2Br)c1OC. The Morgan fingerprint density at radius 3 is 2.48 bits per heavy atom. The molecule has 0 aliphatic heterocycles. The highest BCUT2D eigenvalue weighted by Crippen LogP contribution is 2.35. The van der Waals surface area contributed by atoms with Crippen molar-refractivity contribution in [2.45, 2.75) is 4.90 Å². The second-order valence-corrected chi connectivity index (χ2v) is 8.44. The van der Waals surface area contributed by atoms with Crippen LogP contribution < -0.4 is 9.47 Å². The van der Waals surface area contributed by atoms with Gasteiger partial charge in [0.2, 0.25) is 9.84 Å². The zero-order chi connectivity index (χ0) is 18.6. The van der Waals surface area contributed by atoms with E-state index in [0.717, 1.165) is 0 Å². The van der Waals surface area contributed by atoms with Crippen LogP contribution in [0.25, 0.3) is 6.08 Å². The highest BCUT2D eigenvalue weighted by atomic mass is 79.9. The molecule has 0 aliphatic rings. The van der Waals surface area contributed by atoms with Crippen molar-refractivity contribution in [1.29, 1.82) is 5.26 Å². The minimum Gasteiger partial charge on any atom is -0.493 e. The summed E-state index contributed by atoms with van der Waals surface area (Å²) in [5, 5.41) is 9.44. The third-order valence-corrected chi connectivity index (χ3v) is 6.45. The van der Waals surface area contributed by atoms with Crippen molar-refractivity contribution in [2.24, 2.45) is 0 Å². The minimum atomic E-state index is -4.02. The van der Waals surface area contributed by atoms with Crippen LogP contribution in [0.15, 0.2) is 55.1 Å². The van der Waals surface area contributed by atoms with E-state index in [1.165, 1.54) is 26.4 Å². The van der Waals surface area contributed by atoms with Crippen LogP contribution in [0.4, 0.5) is 0 Å². The fourth-order valence-electron chi connectivity index (χ4n) is 2.14. The van der Waals surface area contributed by atoms with Gasteiger partial charge in [-0.1, -0.05) is 28.1 Å². The molecule has 0 fully saturated rings. The summed E-state index contributed by atoms with van der Waals surface area (Å²) >= 11 is 6.46. The van der Waals surface area contributed by atoms with Crippen molar-refractivity contribution in [2.75, 3.05) is 14.2 Å². The molecule has 0 heterocycles. The number of hydrogen-bond donors (Lipinski definition) is 0. The summed E-state index contributed by atoms with van der Waals surface area (Å²) in [7, 11) is -1.10. The van der Waals surface area contributed by atoms with Crippen molar-refractivity contribution in [3.63, 3.8) is 0 Å². The maximum absolute atomic E-state index is 12.9. The van der Waals surface area contributed by atoms with Crippen molar-refractivity contribution in [3.05, 3.63) is 55.8 Å². The van der Waals surface area contributed by atoms with Crippen molar-refractivity contribution >= 4 is 47.8 Å². The fourth-order valence-corrected chi connectivity index (χ4v) is 4.78. The molecule has 25 heavy (non-hydrogen) atoms. The second kappa shape index (κ2) is 8.04. The van der Waals surface area contributed by atoms with Gasteiger partial charge in [-0.15, -0.1) is 0 Å². The van der Waals surface area contributed by atoms with E-state index in [2.05, 4.69) is 31.9 Å². The minimum absolute atomic E-state index is 0.00321. The maximum atomic E-state index is 12.9. The number of halogens is 2. The number of methoxy groups -OCH3 is 2.